The summed E-state index contributed by atoms with van der Waals surface area (Å²) in [5.41, 5.74) is 4.08. The van der Waals surface area contributed by atoms with Crippen molar-refractivity contribution >= 4 is 11.8 Å². The van der Waals surface area contributed by atoms with Crippen molar-refractivity contribution in [3.8, 4) is 0 Å². The number of halogens is 1. The SMILES string of the molecule is C/C=C/C=C/C(=O)On1cc(F)c(N)nc1=O.[H-].[K+]. The Bertz CT molecular complexity index is 545. The number of allylic oxidation sites excluding steroid dienone is 3. The first-order valence-electron chi connectivity index (χ1n) is 4.61. The molecule has 18 heavy (non-hydrogen) atoms. The summed E-state index contributed by atoms with van der Waals surface area (Å²) in [6.07, 6.45) is 6.41. The molecule has 92 valence electrons. The maximum Gasteiger partial charge on any atom is 1.00 e. The van der Waals surface area contributed by atoms with Crippen LogP contribution in [0.3, 0.4) is 0 Å². The molecule has 0 radical (unpaired) electrons. The van der Waals surface area contributed by atoms with E-state index in [-0.39, 0.29) is 52.8 Å². The maximum absolute atomic E-state index is 12.9. The third-order valence-corrected chi connectivity index (χ3v) is 1.60. The van der Waals surface area contributed by atoms with Gasteiger partial charge in [0.2, 0.25) is 0 Å². The Morgan fingerprint density at radius 2 is 2.28 bits per heavy atom. The number of hydrogen-bond donors (Lipinski definition) is 1. The van der Waals surface area contributed by atoms with E-state index in [1.807, 2.05) is 0 Å². The fourth-order valence-corrected chi connectivity index (χ4v) is 0.868. The van der Waals surface area contributed by atoms with E-state index in [4.69, 9.17) is 5.73 Å². The van der Waals surface area contributed by atoms with E-state index >= 15 is 0 Å². The first-order chi connectivity index (χ1) is 8.04. The molecular formula is C10H11FKN3O3. The van der Waals surface area contributed by atoms with Crippen LogP contribution in [0.2, 0.25) is 0 Å². The van der Waals surface area contributed by atoms with Gasteiger partial charge < -0.3 is 12.0 Å². The number of aromatic nitrogens is 2. The number of hydrogen-bond acceptors (Lipinski definition) is 5. The predicted molar refractivity (Wildman–Crippen MR) is 59.5 cm³/mol. The van der Waals surface area contributed by atoms with Crippen molar-refractivity contribution in [2.24, 2.45) is 0 Å². The van der Waals surface area contributed by atoms with Gasteiger partial charge in [-0.05, 0) is 6.92 Å². The number of carbonyl (C=O) groups is 1. The molecule has 1 aromatic rings. The summed E-state index contributed by atoms with van der Waals surface area (Å²) in [5.74, 6) is -2.34. The summed E-state index contributed by atoms with van der Waals surface area (Å²) in [5, 5.41) is 0. The molecular weight excluding hydrogens is 268 g/mol. The van der Waals surface area contributed by atoms with Gasteiger partial charge in [-0.2, -0.15) is 4.98 Å². The number of nitrogens with zero attached hydrogens (tertiary/aromatic N) is 2. The first-order valence-corrected chi connectivity index (χ1v) is 4.61. The molecule has 0 atom stereocenters. The zero-order chi connectivity index (χ0) is 12.8. The van der Waals surface area contributed by atoms with Gasteiger partial charge in [0, 0.05) is 6.08 Å². The van der Waals surface area contributed by atoms with Gasteiger partial charge in [-0.1, -0.05) is 18.2 Å². The van der Waals surface area contributed by atoms with Crippen molar-refractivity contribution in [2.45, 2.75) is 6.92 Å². The molecule has 2 N–H and O–H groups in total. The van der Waals surface area contributed by atoms with E-state index in [1.54, 1.807) is 19.1 Å². The van der Waals surface area contributed by atoms with Gasteiger partial charge in [0.1, 0.15) is 0 Å². The van der Waals surface area contributed by atoms with Gasteiger partial charge >= 0.3 is 63.0 Å². The molecule has 0 saturated heterocycles. The van der Waals surface area contributed by atoms with Crippen LogP contribution in [0.25, 0.3) is 0 Å². The van der Waals surface area contributed by atoms with E-state index in [0.717, 1.165) is 6.08 Å². The number of anilines is 1. The topological polar surface area (TPSA) is 87.2 Å². The van der Waals surface area contributed by atoms with Crippen molar-refractivity contribution in [1.82, 2.24) is 9.71 Å². The Labute approximate surface area is 146 Å². The van der Waals surface area contributed by atoms with Crippen molar-refractivity contribution in [3.63, 3.8) is 0 Å². The van der Waals surface area contributed by atoms with E-state index in [9.17, 15) is 14.0 Å². The van der Waals surface area contributed by atoms with E-state index < -0.39 is 23.3 Å². The quantitative estimate of drug-likeness (QED) is 0.366. The molecule has 0 amide bonds. The van der Waals surface area contributed by atoms with Crippen LogP contribution in [0.1, 0.15) is 8.35 Å². The van der Waals surface area contributed by atoms with Crippen molar-refractivity contribution in [1.29, 1.82) is 0 Å². The molecule has 0 saturated carbocycles. The maximum atomic E-state index is 12.9. The summed E-state index contributed by atoms with van der Waals surface area (Å²) in [6.45, 7) is 1.76. The van der Waals surface area contributed by atoms with Crippen LogP contribution in [-0.4, -0.2) is 15.7 Å². The molecule has 1 aromatic heterocycles. The summed E-state index contributed by atoms with van der Waals surface area (Å²) >= 11 is 0. The summed E-state index contributed by atoms with van der Waals surface area (Å²) in [6, 6.07) is 0. The molecule has 8 heteroatoms. The van der Waals surface area contributed by atoms with Crippen molar-refractivity contribution in [2.75, 3.05) is 5.73 Å². The van der Waals surface area contributed by atoms with Gasteiger partial charge in [-0.25, -0.2) is 14.0 Å². The normalized spacial score (nSPS) is 10.6. The minimum absolute atomic E-state index is 0. The molecule has 0 fully saturated rings. The van der Waals surface area contributed by atoms with Crippen molar-refractivity contribution < 1.29 is 66.8 Å². The molecule has 6 nitrogen and oxygen atoms in total. The molecule has 0 unspecified atom stereocenters. The van der Waals surface area contributed by atoms with Crippen LogP contribution in [-0.2, 0) is 4.79 Å². The van der Waals surface area contributed by atoms with E-state index in [2.05, 4.69) is 9.82 Å². The van der Waals surface area contributed by atoms with Crippen LogP contribution in [0.5, 0.6) is 0 Å². The number of nitrogen functional groups attached to an aromatic ring is 1. The van der Waals surface area contributed by atoms with Crippen LogP contribution < -0.4 is 67.6 Å². The average molecular weight is 279 g/mol. The van der Waals surface area contributed by atoms with Crippen LogP contribution >= 0.6 is 0 Å². The molecule has 0 aromatic carbocycles. The fourth-order valence-electron chi connectivity index (χ4n) is 0.868. The number of carbonyl (C=O) groups excluding carboxylic acids is 1. The molecule has 1 rings (SSSR count). The third kappa shape index (κ3) is 5.23. The van der Waals surface area contributed by atoms with Gasteiger partial charge in [-0.15, -0.1) is 4.73 Å². The van der Waals surface area contributed by atoms with E-state index in [0.29, 0.717) is 10.9 Å². The summed E-state index contributed by atoms with van der Waals surface area (Å²) in [4.78, 5) is 29.9. The Morgan fingerprint density at radius 1 is 1.61 bits per heavy atom. The molecule has 0 spiro atoms. The first kappa shape index (κ1) is 17.2. The Kier molecular flexibility index (Phi) is 7.95. The molecule has 1 heterocycles. The number of rotatable bonds is 3. The van der Waals surface area contributed by atoms with Gasteiger partial charge in [-0.3, -0.25) is 0 Å². The minimum Gasteiger partial charge on any atom is -1.00 e. The second kappa shape index (κ2) is 8.32. The van der Waals surface area contributed by atoms with Crippen LogP contribution in [0.4, 0.5) is 10.2 Å². The van der Waals surface area contributed by atoms with Gasteiger partial charge in [0.25, 0.3) is 0 Å². The molecule has 0 aliphatic carbocycles. The molecule has 0 bridgehead atoms. The smallest absolute Gasteiger partial charge is 1.00 e. The van der Waals surface area contributed by atoms with E-state index in [1.165, 1.54) is 6.08 Å². The average Bonchev–Trinajstić information content (AvgIpc) is 2.26. The Morgan fingerprint density at radius 3 is 2.89 bits per heavy atom. The summed E-state index contributed by atoms with van der Waals surface area (Å²) in [7, 11) is 0. The second-order valence-corrected chi connectivity index (χ2v) is 2.88. The van der Waals surface area contributed by atoms with Gasteiger partial charge in [0.05, 0.1) is 6.20 Å². The molecule has 0 aliphatic heterocycles. The zero-order valence-electron chi connectivity index (χ0n) is 11.0. The van der Waals surface area contributed by atoms with Crippen LogP contribution in [0.15, 0.2) is 35.3 Å². The van der Waals surface area contributed by atoms with Gasteiger partial charge in [0.15, 0.2) is 11.6 Å². The standard InChI is InChI=1S/C10H10FN3O3.K.H/c1-2-3-4-5-8(15)17-14-6-7(11)9(12)13-10(14)16;;/h2-6H,1H3,(H2,12,13,16);;/q;+1;-1/b3-2+,5-4+;;. The zero-order valence-corrected chi connectivity index (χ0v) is 13.1. The Hall–Kier alpha value is -0.804. The molecule has 0 aliphatic rings. The van der Waals surface area contributed by atoms with Crippen LogP contribution in [0, 0.1) is 5.82 Å². The summed E-state index contributed by atoms with van der Waals surface area (Å²) < 4.78 is 13.3. The predicted octanol–water partition coefficient (Wildman–Crippen LogP) is -2.83. The second-order valence-electron chi connectivity index (χ2n) is 2.88. The number of nitrogens with two attached hydrogens (primary N) is 1. The largest absolute Gasteiger partial charge is 1.00 e. The Balaban J connectivity index is 0. The fraction of sp³-hybridized carbons (Fsp3) is 0.100. The minimum atomic E-state index is -0.975. The van der Waals surface area contributed by atoms with Crippen molar-refractivity contribution in [3.05, 3.63) is 46.8 Å². The third-order valence-electron chi connectivity index (χ3n) is 1.60. The monoisotopic (exact) mass is 279 g/mol.